The summed E-state index contributed by atoms with van der Waals surface area (Å²) in [6.45, 7) is 6.28. The third kappa shape index (κ3) is 5.03. The van der Waals surface area contributed by atoms with E-state index in [4.69, 9.17) is 0 Å². The van der Waals surface area contributed by atoms with Crippen LogP contribution in [0.2, 0.25) is 0 Å². The third-order valence-electron chi connectivity index (χ3n) is 3.35. The molecule has 2 N–H and O–H groups in total. The van der Waals surface area contributed by atoms with Gasteiger partial charge in [0, 0.05) is 6.54 Å². The molecule has 1 rings (SSSR count). The molecule has 1 amide bonds. The second-order valence-corrected chi connectivity index (χ2v) is 5.31. The second-order valence-electron chi connectivity index (χ2n) is 5.31. The molecule has 0 bridgehead atoms. The van der Waals surface area contributed by atoms with E-state index in [0.717, 1.165) is 18.4 Å². The zero-order valence-electron chi connectivity index (χ0n) is 12.1. The fourth-order valence-electron chi connectivity index (χ4n) is 1.99. The standard InChI is InChI=1S/C16H25NO2/c1-4-8-14(13-9-6-5-7-10-13)16(19)17-11-15(18)12(2)3/h5-7,9-10,12,14-15,18H,4,8,11H2,1-3H3,(H,17,19). The van der Waals surface area contributed by atoms with Crippen LogP contribution in [0.1, 0.15) is 45.1 Å². The van der Waals surface area contributed by atoms with Crippen LogP contribution in [0.4, 0.5) is 0 Å². The van der Waals surface area contributed by atoms with Crippen molar-refractivity contribution < 1.29 is 9.90 Å². The van der Waals surface area contributed by atoms with Gasteiger partial charge in [0.05, 0.1) is 12.0 Å². The van der Waals surface area contributed by atoms with Gasteiger partial charge in [-0.3, -0.25) is 4.79 Å². The molecule has 0 radical (unpaired) electrons. The molecule has 2 atom stereocenters. The molecular weight excluding hydrogens is 238 g/mol. The highest BCUT2D eigenvalue weighted by Crippen LogP contribution is 2.21. The molecule has 3 heteroatoms. The van der Waals surface area contributed by atoms with Crippen LogP contribution in [0, 0.1) is 5.92 Å². The molecule has 0 aliphatic carbocycles. The van der Waals surface area contributed by atoms with Crippen molar-refractivity contribution in [2.24, 2.45) is 5.92 Å². The Labute approximate surface area is 116 Å². The van der Waals surface area contributed by atoms with E-state index in [0.29, 0.717) is 6.54 Å². The quantitative estimate of drug-likeness (QED) is 0.794. The minimum absolute atomic E-state index is 0.00718. The summed E-state index contributed by atoms with van der Waals surface area (Å²) in [7, 11) is 0. The van der Waals surface area contributed by atoms with Gasteiger partial charge in [-0.2, -0.15) is 0 Å². The minimum Gasteiger partial charge on any atom is -0.391 e. The van der Waals surface area contributed by atoms with Crippen molar-refractivity contribution in [3.05, 3.63) is 35.9 Å². The molecule has 0 spiro atoms. The van der Waals surface area contributed by atoms with Crippen LogP contribution in [-0.4, -0.2) is 23.7 Å². The highest BCUT2D eigenvalue weighted by molar-refractivity contribution is 5.83. The van der Waals surface area contributed by atoms with Gasteiger partial charge >= 0.3 is 0 Å². The highest BCUT2D eigenvalue weighted by Gasteiger charge is 2.20. The summed E-state index contributed by atoms with van der Waals surface area (Å²) in [5.74, 6) is 0.0416. The molecular formula is C16H25NO2. The molecule has 0 fully saturated rings. The second kappa shape index (κ2) is 7.95. The lowest BCUT2D eigenvalue weighted by Crippen LogP contribution is -2.37. The van der Waals surface area contributed by atoms with Gasteiger partial charge in [0.15, 0.2) is 0 Å². The van der Waals surface area contributed by atoms with Crippen LogP contribution in [0.3, 0.4) is 0 Å². The van der Waals surface area contributed by atoms with Gasteiger partial charge in [-0.1, -0.05) is 57.5 Å². The summed E-state index contributed by atoms with van der Waals surface area (Å²) in [6, 6.07) is 9.83. The average molecular weight is 263 g/mol. The van der Waals surface area contributed by atoms with E-state index in [2.05, 4.69) is 12.2 Å². The molecule has 0 saturated heterocycles. The van der Waals surface area contributed by atoms with Crippen molar-refractivity contribution in [2.45, 2.75) is 45.6 Å². The Balaban J connectivity index is 2.64. The van der Waals surface area contributed by atoms with Crippen molar-refractivity contribution in [3.8, 4) is 0 Å². The van der Waals surface area contributed by atoms with Gasteiger partial charge in [0.2, 0.25) is 5.91 Å². The molecule has 106 valence electrons. The van der Waals surface area contributed by atoms with Gasteiger partial charge < -0.3 is 10.4 Å². The largest absolute Gasteiger partial charge is 0.391 e. The normalized spacial score (nSPS) is 14.2. The number of aliphatic hydroxyl groups is 1. The summed E-state index contributed by atoms with van der Waals surface area (Å²) in [5, 5.41) is 12.6. The third-order valence-corrected chi connectivity index (χ3v) is 3.35. The summed E-state index contributed by atoms with van der Waals surface area (Å²) < 4.78 is 0. The first-order valence-corrected chi connectivity index (χ1v) is 7.07. The van der Waals surface area contributed by atoms with Crippen molar-refractivity contribution in [2.75, 3.05) is 6.54 Å². The Kier molecular flexibility index (Phi) is 6.57. The van der Waals surface area contributed by atoms with E-state index in [9.17, 15) is 9.90 Å². The molecule has 1 aromatic carbocycles. The van der Waals surface area contributed by atoms with E-state index in [1.807, 2.05) is 44.2 Å². The molecule has 3 nitrogen and oxygen atoms in total. The van der Waals surface area contributed by atoms with Crippen LogP contribution in [0.5, 0.6) is 0 Å². The molecule has 0 aliphatic rings. The van der Waals surface area contributed by atoms with E-state index < -0.39 is 6.10 Å². The maximum absolute atomic E-state index is 12.2. The predicted octanol–water partition coefficient (Wildman–Crippen LogP) is 2.70. The maximum Gasteiger partial charge on any atom is 0.227 e. The molecule has 0 saturated carbocycles. The Morgan fingerprint density at radius 3 is 2.42 bits per heavy atom. The number of carbonyl (C=O) groups is 1. The van der Waals surface area contributed by atoms with E-state index in [1.54, 1.807) is 0 Å². The fraction of sp³-hybridized carbons (Fsp3) is 0.562. The first-order valence-electron chi connectivity index (χ1n) is 7.07. The molecule has 2 unspecified atom stereocenters. The maximum atomic E-state index is 12.2. The van der Waals surface area contributed by atoms with Crippen molar-refractivity contribution in [1.29, 1.82) is 0 Å². The van der Waals surface area contributed by atoms with Gasteiger partial charge in [0.1, 0.15) is 0 Å². The van der Waals surface area contributed by atoms with E-state index >= 15 is 0 Å². The molecule has 0 heterocycles. The number of rotatable bonds is 7. The smallest absolute Gasteiger partial charge is 0.227 e. The number of hydrogen-bond donors (Lipinski definition) is 2. The van der Waals surface area contributed by atoms with Crippen LogP contribution >= 0.6 is 0 Å². The molecule has 19 heavy (non-hydrogen) atoms. The number of nitrogens with one attached hydrogen (secondary N) is 1. The fourth-order valence-corrected chi connectivity index (χ4v) is 1.99. The average Bonchev–Trinajstić information content (AvgIpc) is 2.42. The number of hydrogen-bond acceptors (Lipinski definition) is 2. The van der Waals surface area contributed by atoms with Crippen LogP contribution in [0.15, 0.2) is 30.3 Å². The first-order chi connectivity index (χ1) is 9.06. The van der Waals surface area contributed by atoms with Crippen LogP contribution in [-0.2, 0) is 4.79 Å². The topological polar surface area (TPSA) is 49.3 Å². The molecule has 0 aromatic heterocycles. The Bertz CT molecular complexity index is 376. The van der Waals surface area contributed by atoms with Gasteiger partial charge in [-0.25, -0.2) is 0 Å². The minimum atomic E-state index is -0.484. The SMILES string of the molecule is CCCC(C(=O)NCC(O)C(C)C)c1ccccc1. The Morgan fingerprint density at radius 2 is 1.89 bits per heavy atom. The highest BCUT2D eigenvalue weighted by atomic mass is 16.3. The summed E-state index contributed by atoms with van der Waals surface area (Å²) in [6.07, 6.45) is 1.30. The van der Waals surface area contributed by atoms with E-state index in [-0.39, 0.29) is 17.7 Å². The molecule has 1 aromatic rings. The molecule has 0 aliphatic heterocycles. The van der Waals surface area contributed by atoms with Crippen LogP contribution < -0.4 is 5.32 Å². The predicted molar refractivity (Wildman–Crippen MR) is 77.9 cm³/mol. The lowest BCUT2D eigenvalue weighted by atomic mass is 9.93. The Morgan fingerprint density at radius 1 is 1.26 bits per heavy atom. The van der Waals surface area contributed by atoms with E-state index in [1.165, 1.54) is 0 Å². The first kappa shape index (κ1) is 15.7. The number of carbonyl (C=O) groups excluding carboxylic acids is 1. The van der Waals surface area contributed by atoms with Crippen LogP contribution in [0.25, 0.3) is 0 Å². The summed E-state index contributed by atoms with van der Waals surface area (Å²) in [5.41, 5.74) is 1.04. The summed E-state index contributed by atoms with van der Waals surface area (Å²) >= 11 is 0. The van der Waals surface area contributed by atoms with Gasteiger partial charge in [-0.15, -0.1) is 0 Å². The monoisotopic (exact) mass is 263 g/mol. The Hall–Kier alpha value is -1.35. The number of benzene rings is 1. The lowest BCUT2D eigenvalue weighted by molar-refractivity contribution is -0.123. The zero-order valence-corrected chi connectivity index (χ0v) is 12.1. The number of amides is 1. The van der Waals surface area contributed by atoms with Crippen molar-refractivity contribution >= 4 is 5.91 Å². The van der Waals surface area contributed by atoms with Crippen molar-refractivity contribution in [1.82, 2.24) is 5.32 Å². The van der Waals surface area contributed by atoms with Gasteiger partial charge in [-0.05, 0) is 17.9 Å². The van der Waals surface area contributed by atoms with Gasteiger partial charge in [0.25, 0.3) is 0 Å². The van der Waals surface area contributed by atoms with Crippen molar-refractivity contribution in [3.63, 3.8) is 0 Å². The lowest BCUT2D eigenvalue weighted by Gasteiger charge is -2.19. The summed E-state index contributed by atoms with van der Waals surface area (Å²) in [4.78, 5) is 12.2. The zero-order chi connectivity index (χ0) is 14.3. The number of aliphatic hydroxyl groups excluding tert-OH is 1.